The zero-order valence-electron chi connectivity index (χ0n) is 28.2. The van der Waals surface area contributed by atoms with Crippen LogP contribution in [0.25, 0.3) is 11.3 Å². The van der Waals surface area contributed by atoms with Crippen LogP contribution in [-0.2, 0) is 25.0 Å². The number of aromatic carboxylic acids is 1. The van der Waals surface area contributed by atoms with Crippen molar-refractivity contribution in [1.29, 1.82) is 0 Å². The average molecular weight is 699 g/mol. The van der Waals surface area contributed by atoms with E-state index >= 15 is 0 Å². The summed E-state index contributed by atoms with van der Waals surface area (Å²) in [5.74, 6) is 0.262. The van der Waals surface area contributed by atoms with Crippen molar-refractivity contribution >= 4 is 35.1 Å². The highest BCUT2D eigenvalue weighted by molar-refractivity contribution is 6.36. The Labute approximate surface area is 297 Å². The molecule has 0 unspecified atom stereocenters. The van der Waals surface area contributed by atoms with E-state index in [9.17, 15) is 9.59 Å². The fourth-order valence-electron chi connectivity index (χ4n) is 5.48. The molecule has 0 aliphatic carbocycles. The van der Waals surface area contributed by atoms with Gasteiger partial charge in [-0.3, -0.25) is 4.79 Å². The highest BCUT2D eigenvalue weighted by Gasteiger charge is 2.24. The summed E-state index contributed by atoms with van der Waals surface area (Å²) < 4.78 is 8.09. The number of carbonyl (C=O) groups is 2. The molecule has 0 radical (unpaired) electrons. The Morgan fingerprint density at radius 2 is 1.55 bits per heavy atom. The summed E-state index contributed by atoms with van der Waals surface area (Å²) in [6.45, 7) is 9.62. The van der Waals surface area contributed by atoms with Gasteiger partial charge in [0.15, 0.2) is 0 Å². The lowest BCUT2D eigenvalue weighted by Crippen LogP contribution is -2.32. The summed E-state index contributed by atoms with van der Waals surface area (Å²) in [5, 5.41) is 13.5. The van der Waals surface area contributed by atoms with Crippen molar-refractivity contribution in [3.8, 4) is 17.0 Å². The second kappa shape index (κ2) is 15.7. The molecule has 0 fully saturated rings. The number of carboxylic acids is 1. The third-order valence-electron chi connectivity index (χ3n) is 8.37. The number of ether oxygens (including phenoxy) is 1. The van der Waals surface area contributed by atoms with Gasteiger partial charge in [0.25, 0.3) is 5.91 Å². The highest BCUT2D eigenvalue weighted by Crippen LogP contribution is 2.32. The Kier molecular flexibility index (Phi) is 11.5. The molecule has 4 aromatic carbocycles. The number of aryl methyl sites for hydroxylation is 1. The van der Waals surface area contributed by atoms with Gasteiger partial charge in [-0.15, -0.1) is 0 Å². The van der Waals surface area contributed by atoms with Gasteiger partial charge in [-0.1, -0.05) is 93.7 Å². The lowest BCUT2D eigenvalue weighted by Gasteiger charge is -2.21. The van der Waals surface area contributed by atoms with Gasteiger partial charge in [0.1, 0.15) is 18.2 Å². The van der Waals surface area contributed by atoms with E-state index in [0.717, 1.165) is 47.5 Å². The number of nitrogens with zero attached hydrogens (tertiary/aromatic N) is 2. The predicted molar refractivity (Wildman–Crippen MR) is 196 cm³/mol. The number of imidazole rings is 1. The zero-order chi connectivity index (χ0) is 35.1. The second-order valence-electron chi connectivity index (χ2n) is 13.1. The van der Waals surface area contributed by atoms with E-state index in [-0.39, 0.29) is 16.9 Å². The van der Waals surface area contributed by atoms with Crippen LogP contribution in [-0.4, -0.2) is 26.5 Å². The minimum absolute atomic E-state index is 0.0260. The second-order valence-corrected chi connectivity index (χ2v) is 14.0. The van der Waals surface area contributed by atoms with Crippen molar-refractivity contribution in [2.24, 2.45) is 0 Å². The molecule has 5 rings (SSSR count). The standard InChI is InChI=1S/C40H41Cl2N3O4/c1-5-6-21-45-24-36(33-20-17-31(41)23-34(33)42)43-37(45)35(44-38(46)28-13-15-30(16-14-28)40(2,3)4)22-26-9-18-32(19-10-26)49-25-27-7-11-29(12-8-27)39(47)48/h7-20,23-24,35H,5-6,21-22,25H2,1-4H3,(H,44,46)(H,47,48)/t35-/m0/s1. The molecule has 9 heteroatoms. The number of hydrogen-bond acceptors (Lipinski definition) is 4. The number of benzene rings is 4. The third kappa shape index (κ3) is 9.31. The van der Waals surface area contributed by atoms with Gasteiger partial charge in [0.2, 0.25) is 0 Å². The minimum Gasteiger partial charge on any atom is -0.489 e. The molecule has 1 atom stereocenters. The van der Waals surface area contributed by atoms with Crippen molar-refractivity contribution in [1.82, 2.24) is 14.9 Å². The number of hydrogen-bond donors (Lipinski definition) is 2. The van der Waals surface area contributed by atoms with Crippen LogP contribution < -0.4 is 10.1 Å². The lowest BCUT2D eigenvalue weighted by molar-refractivity contribution is 0.0696. The molecule has 1 amide bonds. The number of amides is 1. The fourth-order valence-corrected chi connectivity index (χ4v) is 5.99. The molecule has 254 valence electrons. The Morgan fingerprint density at radius 3 is 2.16 bits per heavy atom. The van der Waals surface area contributed by atoms with Gasteiger partial charge in [-0.25, -0.2) is 9.78 Å². The molecule has 0 spiro atoms. The first-order valence-corrected chi connectivity index (χ1v) is 17.1. The zero-order valence-corrected chi connectivity index (χ0v) is 29.7. The van der Waals surface area contributed by atoms with Crippen molar-refractivity contribution in [3.05, 3.63) is 141 Å². The summed E-state index contributed by atoms with van der Waals surface area (Å²) in [6.07, 6.45) is 4.42. The monoisotopic (exact) mass is 697 g/mol. The maximum Gasteiger partial charge on any atom is 0.335 e. The summed E-state index contributed by atoms with van der Waals surface area (Å²) >= 11 is 12.8. The number of aromatic nitrogens is 2. The predicted octanol–water partition coefficient (Wildman–Crippen LogP) is 9.95. The van der Waals surface area contributed by atoms with E-state index in [2.05, 4.69) is 37.6 Å². The Hall–Kier alpha value is -4.59. The summed E-state index contributed by atoms with van der Waals surface area (Å²) in [7, 11) is 0. The highest BCUT2D eigenvalue weighted by atomic mass is 35.5. The van der Waals surface area contributed by atoms with Gasteiger partial charge >= 0.3 is 5.97 Å². The smallest absolute Gasteiger partial charge is 0.335 e. The van der Waals surface area contributed by atoms with Gasteiger partial charge < -0.3 is 19.7 Å². The molecule has 5 aromatic rings. The molecule has 7 nitrogen and oxygen atoms in total. The number of carboxylic acid groups (broad SMARTS) is 1. The normalized spacial score (nSPS) is 12.0. The molecule has 0 aliphatic rings. The van der Waals surface area contributed by atoms with Gasteiger partial charge in [-0.2, -0.15) is 0 Å². The van der Waals surface area contributed by atoms with E-state index in [1.807, 2.05) is 60.8 Å². The maximum absolute atomic E-state index is 13.8. The van der Waals surface area contributed by atoms with Crippen LogP contribution in [0.5, 0.6) is 5.75 Å². The van der Waals surface area contributed by atoms with E-state index in [1.54, 1.807) is 36.4 Å². The number of carbonyl (C=O) groups excluding carboxylic acids is 1. The van der Waals surface area contributed by atoms with Crippen LogP contribution in [0.1, 0.15) is 89.8 Å². The van der Waals surface area contributed by atoms with Crippen molar-refractivity contribution < 1.29 is 19.4 Å². The molecule has 0 saturated carbocycles. The van der Waals surface area contributed by atoms with Crippen LogP contribution in [0.2, 0.25) is 10.0 Å². The molecule has 1 aromatic heterocycles. The van der Waals surface area contributed by atoms with Crippen molar-refractivity contribution in [2.75, 3.05) is 0 Å². The maximum atomic E-state index is 13.8. The largest absolute Gasteiger partial charge is 0.489 e. The number of nitrogens with one attached hydrogen (secondary N) is 1. The Bertz CT molecular complexity index is 1890. The lowest BCUT2D eigenvalue weighted by atomic mass is 9.86. The average Bonchev–Trinajstić information content (AvgIpc) is 3.50. The molecule has 2 N–H and O–H groups in total. The topological polar surface area (TPSA) is 93.5 Å². The Morgan fingerprint density at radius 1 is 0.898 bits per heavy atom. The van der Waals surface area contributed by atoms with E-state index in [0.29, 0.717) is 40.1 Å². The first-order valence-electron chi connectivity index (χ1n) is 16.4. The third-order valence-corrected chi connectivity index (χ3v) is 8.91. The quantitative estimate of drug-likeness (QED) is 0.128. The Balaban J connectivity index is 1.42. The van der Waals surface area contributed by atoms with Crippen molar-refractivity contribution in [2.45, 2.75) is 71.6 Å². The molecule has 0 saturated heterocycles. The van der Waals surface area contributed by atoms with Gasteiger partial charge in [-0.05, 0) is 89.5 Å². The van der Waals surface area contributed by atoms with Crippen LogP contribution in [0.4, 0.5) is 0 Å². The van der Waals surface area contributed by atoms with Gasteiger partial charge in [0, 0.05) is 28.9 Å². The van der Waals surface area contributed by atoms with Crippen LogP contribution >= 0.6 is 23.2 Å². The number of rotatable bonds is 13. The van der Waals surface area contributed by atoms with Crippen molar-refractivity contribution in [3.63, 3.8) is 0 Å². The molecule has 0 aliphatic heterocycles. The van der Waals surface area contributed by atoms with E-state index in [1.165, 1.54) is 0 Å². The summed E-state index contributed by atoms with van der Waals surface area (Å²) in [5.41, 5.74) is 5.26. The first-order chi connectivity index (χ1) is 23.4. The molecule has 1 heterocycles. The summed E-state index contributed by atoms with van der Waals surface area (Å²) in [6, 6.07) is 27.0. The molecular formula is C40H41Cl2N3O4. The van der Waals surface area contributed by atoms with Crippen LogP contribution in [0, 0.1) is 0 Å². The van der Waals surface area contributed by atoms with E-state index < -0.39 is 12.0 Å². The molecule has 0 bridgehead atoms. The SMILES string of the molecule is CCCCn1cc(-c2ccc(Cl)cc2Cl)nc1[C@H](Cc1ccc(OCc2ccc(C(=O)O)cc2)cc1)NC(=O)c1ccc(C(C)(C)C)cc1. The fraction of sp³-hybridized carbons (Fsp3) is 0.275. The number of unbranched alkanes of at least 4 members (excludes halogenated alkanes) is 1. The molecule has 49 heavy (non-hydrogen) atoms. The van der Waals surface area contributed by atoms with Gasteiger partial charge in [0.05, 0.1) is 22.3 Å². The van der Waals surface area contributed by atoms with Crippen LogP contribution in [0.3, 0.4) is 0 Å². The number of halogens is 2. The van der Waals surface area contributed by atoms with Crippen LogP contribution in [0.15, 0.2) is 97.2 Å². The minimum atomic E-state index is -0.964. The van der Waals surface area contributed by atoms with E-state index in [4.69, 9.17) is 38.0 Å². The molecular weight excluding hydrogens is 657 g/mol. The first kappa shape index (κ1) is 35.7. The summed E-state index contributed by atoms with van der Waals surface area (Å²) in [4.78, 5) is 30.0.